The Morgan fingerprint density at radius 2 is 1.95 bits per heavy atom. The van der Waals surface area contributed by atoms with Gasteiger partial charge in [-0.1, -0.05) is 0 Å². The number of carbonyl (C=O) groups is 2. The van der Waals surface area contributed by atoms with Crippen LogP contribution in [0.4, 0.5) is 8.78 Å². The summed E-state index contributed by atoms with van der Waals surface area (Å²) in [4.78, 5) is 23.8. The van der Waals surface area contributed by atoms with Crippen LogP contribution in [0.25, 0.3) is 0 Å². The van der Waals surface area contributed by atoms with Gasteiger partial charge in [0.1, 0.15) is 18.2 Å². The molecular weight excluding hydrogens is 272 g/mol. The van der Waals surface area contributed by atoms with Crippen LogP contribution in [0.15, 0.2) is 12.1 Å². The number of halogens is 2. The second kappa shape index (κ2) is 6.95. The number of nitrogens with zero attached hydrogens (tertiary/aromatic N) is 1. The molecule has 0 heterocycles. The molecule has 0 unspecified atom stereocenters. The van der Waals surface area contributed by atoms with Crippen molar-refractivity contribution < 1.29 is 28.2 Å². The summed E-state index contributed by atoms with van der Waals surface area (Å²) in [6, 6.07) is 1.67. The minimum atomic E-state index is -1.23. The lowest BCUT2D eigenvalue weighted by Crippen LogP contribution is -2.38. The number of aliphatic carboxylic acids is 1. The topological polar surface area (TPSA) is 66.8 Å². The first kappa shape index (κ1) is 16.0. The van der Waals surface area contributed by atoms with Crippen LogP contribution in [-0.4, -0.2) is 48.7 Å². The SMILES string of the molecule is COCCN(CC(=O)O)C(=O)c1cc(C)c(F)cc1F. The van der Waals surface area contributed by atoms with Crippen molar-refractivity contribution in [3.63, 3.8) is 0 Å². The normalized spacial score (nSPS) is 10.4. The quantitative estimate of drug-likeness (QED) is 0.860. The molecule has 1 amide bonds. The molecule has 0 saturated heterocycles. The number of benzene rings is 1. The van der Waals surface area contributed by atoms with Crippen LogP contribution in [0.3, 0.4) is 0 Å². The van der Waals surface area contributed by atoms with E-state index < -0.39 is 30.1 Å². The predicted molar refractivity (Wildman–Crippen MR) is 66.5 cm³/mol. The van der Waals surface area contributed by atoms with Gasteiger partial charge in [-0.25, -0.2) is 8.78 Å². The van der Waals surface area contributed by atoms with Crippen LogP contribution in [0, 0.1) is 18.6 Å². The third-order valence-electron chi connectivity index (χ3n) is 2.66. The molecule has 0 atom stereocenters. The van der Waals surface area contributed by atoms with Crippen molar-refractivity contribution in [3.05, 3.63) is 34.9 Å². The lowest BCUT2D eigenvalue weighted by molar-refractivity contribution is -0.137. The first-order chi connectivity index (χ1) is 9.36. The second-order valence-corrected chi connectivity index (χ2v) is 4.19. The second-order valence-electron chi connectivity index (χ2n) is 4.19. The number of carbonyl (C=O) groups excluding carboxylic acids is 1. The van der Waals surface area contributed by atoms with Gasteiger partial charge >= 0.3 is 5.97 Å². The molecule has 1 N–H and O–H groups in total. The number of rotatable bonds is 6. The van der Waals surface area contributed by atoms with Gasteiger partial charge < -0.3 is 14.7 Å². The van der Waals surface area contributed by atoms with Crippen molar-refractivity contribution in [2.24, 2.45) is 0 Å². The molecule has 0 aliphatic carbocycles. The number of carboxylic acids is 1. The van der Waals surface area contributed by atoms with E-state index in [1.54, 1.807) is 0 Å². The van der Waals surface area contributed by atoms with E-state index in [1.807, 2.05) is 0 Å². The fourth-order valence-corrected chi connectivity index (χ4v) is 1.61. The van der Waals surface area contributed by atoms with E-state index in [4.69, 9.17) is 9.84 Å². The van der Waals surface area contributed by atoms with Gasteiger partial charge in [-0.05, 0) is 18.6 Å². The van der Waals surface area contributed by atoms with Crippen LogP contribution in [0.5, 0.6) is 0 Å². The maximum atomic E-state index is 13.6. The van der Waals surface area contributed by atoms with Gasteiger partial charge in [0.15, 0.2) is 0 Å². The number of carboxylic acid groups (broad SMARTS) is 1. The van der Waals surface area contributed by atoms with Crippen molar-refractivity contribution in [2.75, 3.05) is 26.8 Å². The van der Waals surface area contributed by atoms with Crippen LogP contribution in [-0.2, 0) is 9.53 Å². The lowest BCUT2D eigenvalue weighted by atomic mass is 10.1. The van der Waals surface area contributed by atoms with Gasteiger partial charge in [0.05, 0.1) is 12.2 Å². The number of aryl methyl sites for hydroxylation is 1. The fraction of sp³-hybridized carbons (Fsp3) is 0.385. The molecule has 0 radical (unpaired) electrons. The largest absolute Gasteiger partial charge is 0.480 e. The van der Waals surface area contributed by atoms with Gasteiger partial charge in [0, 0.05) is 19.7 Å². The van der Waals surface area contributed by atoms with Gasteiger partial charge in [0.2, 0.25) is 0 Å². The highest BCUT2D eigenvalue weighted by Gasteiger charge is 2.22. The van der Waals surface area contributed by atoms with E-state index in [0.29, 0.717) is 6.07 Å². The highest BCUT2D eigenvalue weighted by molar-refractivity contribution is 5.96. The Hall–Kier alpha value is -2.02. The number of amides is 1. The number of hydrogen-bond donors (Lipinski definition) is 1. The highest BCUT2D eigenvalue weighted by Crippen LogP contribution is 2.16. The van der Waals surface area contributed by atoms with Gasteiger partial charge in [-0.2, -0.15) is 0 Å². The third-order valence-corrected chi connectivity index (χ3v) is 2.66. The Kier molecular flexibility index (Phi) is 5.57. The van der Waals surface area contributed by atoms with Crippen LogP contribution >= 0.6 is 0 Å². The summed E-state index contributed by atoms with van der Waals surface area (Å²) in [6.45, 7) is 0.915. The summed E-state index contributed by atoms with van der Waals surface area (Å²) in [5, 5.41) is 8.76. The molecule has 0 aliphatic heterocycles. The van der Waals surface area contributed by atoms with E-state index in [1.165, 1.54) is 14.0 Å². The molecule has 0 fully saturated rings. The third kappa shape index (κ3) is 3.99. The first-order valence-electron chi connectivity index (χ1n) is 5.82. The summed E-state index contributed by atoms with van der Waals surface area (Å²) in [6.07, 6.45) is 0. The zero-order valence-electron chi connectivity index (χ0n) is 11.2. The van der Waals surface area contributed by atoms with E-state index in [9.17, 15) is 18.4 Å². The predicted octanol–water partition coefficient (Wildman–Crippen LogP) is 1.45. The molecule has 110 valence electrons. The summed E-state index contributed by atoms with van der Waals surface area (Å²) in [7, 11) is 1.39. The molecule has 0 aromatic heterocycles. The number of methoxy groups -OCH3 is 1. The van der Waals surface area contributed by atoms with Crippen molar-refractivity contribution in [2.45, 2.75) is 6.92 Å². The average molecular weight is 287 g/mol. The molecule has 0 aliphatic rings. The van der Waals surface area contributed by atoms with E-state index in [2.05, 4.69) is 0 Å². The average Bonchev–Trinajstić information content (AvgIpc) is 2.37. The monoisotopic (exact) mass is 287 g/mol. The minimum absolute atomic E-state index is 0.00248. The van der Waals surface area contributed by atoms with Crippen molar-refractivity contribution in [1.82, 2.24) is 4.90 Å². The van der Waals surface area contributed by atoms with Crippen LogP contribution < -0.4 is 0 Å². The summed E-state index contributed by atoms with van der Waals surface area (Å²) < 4.78 is 31.6. The Bertz CT molecular complexity index is 519. The molecular formula is C13H15F2NO4. The molecule has 20 heavy (non-hydrogen) atoms. The molecule has 7 heteroatoms. The molecule has 1 aromatic rings. The summed E-state index contributed by atoms with van der Waals surface area (Å²) in [5.41, 5.74) is -0.252. The van der Waals surface area contributed by atoms with Gasteiger partial charge in [0.25, 0.3) is 5.91 Å². The molecule has 5 nitrogen and oxygen atoms in total. The minimum Gasteiger partial charge on any atom is -0.480 e. The zero-order chi connectivity index (χ0) is 15.3. The smallest absolute Gasteiger partial charge is 0.323 e. The van der Waals surface area contributed by atoms with Gasteiger partial charge in [-0.15, -0.1) is 0 Å². The van der Waals surface area contributed by atoms with E-state index >= 15 is 0 Å². The first-order valence-corrected chi connectivity index (χ1v) is 5.82. The lowest BCUT2D eigenvalue weighted by Gasteiger charge is -2.20. The Morgan fingerprint density at radius 3 is 2.50 bits per heavy atom. The summed E-state index contributed by atoms with van der Waals surface area (Å²) >= 11 is 0. The highest BCUT2D eigenvalue weighted by atomic mass is 19.1. The zero-order valence-corrected chi connectivity index (χ0v) is 11.2. The number of ether oxygens (including phenoxy) is 1. The summed E-state index contributed by atoms with van der Waals surface area (Å²) in [5.74, 6) is -3.83. The van der Waals surface area contributed by atoms with Gasteiger partial charge in [-0.3, -0.25) is 9.59 Å². The molecule has 0 saturated carbocycles. The van der Waals surface area contributed by atoms with E-state index in [-0.39, 0.29) is 24.3 Å². The van der Waals surface area contributed by atoms with E-state index in [0.717, 1.165) is 11.0 Å². The van der Waals surface area contributed by atoms with Crippen LogP contribution in [0.2, 0.25) is 0 Å². The van der Waals surface area contributed by atoms with Crippen molar-refractivity contribution in [1.29, 1.82) is 0 Å². The Morgan fingerprint density at radius 1 is 1.30 bits per heavy atom. The number of hydrogen-bond acceptors (Lipinski definition) is 3. The Balaban J connectivity index is 3.04. The fourth-order valence-electron chi connectivity index (χ4n) is 1.61. The maximum Gasteiger partial charge on any atom is 0.323 e. The molecule has 0 spiro atoms. The Labute approximate surface area is 114 Å². The maximum absolute atomic E-state index is 13.6. The molecule has 1 aromatic carbocycles. The van der Waals surface area contributed by atoms with Crippen LogP contribution in [0.1, 0.15) is 15.9 Å². The van der Waals surface area contributed by atoms with Crippen molar-refractivity contribution >= 4 is 11.9 Å². The van der Waals surface area contributed by atoms with Crippen molar-refractivity contribution in [3.8, 4) is 0 Å². The molecule has 0 bridgehead atoms. The standard InChI is InChI=1S/C13H15F2NO4/c1-8-5-9(11(15)6-10(8)14)13(19)16(3-4-20-2)7-12(17)18/h5-6H,3-4,7H2,1-2H3,(H,17,18). The molecule has 1 rings (SSSR count).